The maximum Gasteiger partial charge on any atom is 0.258 e. The molecule has 1 fully saturated rings. The van der Waals surface area contributed by atoms with Crippen molar-refractivity contribution < 1.29 is 8.91 Å². The lowest BCUT2D eigenvalue weighted by Gasteiger charge is -2.23. The molecule has 1 saturated carbocycles. The monoisotopic (exact) mass is 289 g/mol. The van der Waals surface area contributed by atoms with Crippen LogP contribution in [0.2, 0.25) is 0 Å². The standard InChI is InChI=1S/C16H20FN3O/c1-11-6-7-12(10-13(11)17)14-19-15(20-21-14)16(18)8-4-2-3-5-9-16/h6-7,10H,2-5,8-9,18H2,1H3. The Hall–Kier alpha value is -1.75. The van der Waals surface area contributed by atoms with E-state index in [0.717, 1.165) is 25.7 Å². The van der Waals surface area contributed by atoms with Crippen molar-refractivity contribution in [2.45, 2.75) is 51.0 Å². The number of aryl methyl sites for hydroxylation is 1. The molecular formula is C16H20FN3O. The van der Waals surface area contributed by atoms with Gasteiger partial charge in [0.1, 0.15) is 5.82 Å². The second-order valence-electron chi connectivity index (χ2n) is 5.96. The lowest BCUT2D eigenvalue weighted by atomic mass is 9.91. The molecule has 1 aromatic carbocycles. The Morgan fingerprint density at radius 2 is 1.90 bits per heavy atom. The number of nitrogens with zero attached hydrogens (tertiary/aromatic N) is 2. The molecule has 0 atom stereocenters. The van der Waals surface area contributed by atoms with E-state index < -0.39 is 5.54 Å². The second-order valence-corrected chi connectivity index (χ2v) is 5.96. The van der Waals surface area contributed by atoms with E-state index in [1.807, 2.05) is 0 Å². The molecule has 1 aromatic heterocycles. The molecule has 4 nitrogen and oxygen atoms in total. The number of halogens is 1. The zero-order valence-electron chi connectivity index (χ0n) is 12.2. The minimum atomic E-state index is -0.512. The first kappa shape index (κ1) is 14.2. The summed E-state index contributed by atoms with van der Waals surface area (Å²) in [5, 5.41) is 4.05. The molecule has 1 aliphatic carbocycles. The fourth-order valence-corrected chi connectivity index (χ4v) is 2.85. The molecule has 1 heterocycles. The van der Waals surface area contributed by atoms with Crippen LogP contribution in [0.25, 0.3) is 11.5 Å². The third-order valence-corrected chi connectivity index (χ3v) is 4.29. The van der Waals surface area contributed by atoms with Crippen LogP contribution in [0.5, 0.6) is 0 Å². The first-order valence-electron chi connectivity index (χ1n) is 7.48. The van der Waals surface area contributed by atoms with Crippen LogP contribution in [0, 0.1) is 12.7 Å². The summed E-state index contributed by atoms with van der Waals surface area (Å²) in [5.74, 6) is 0.600. The first-order chi connectivity index (χ1) is 10.1. The molecule has 112 valence electrons. The molecule has 0 aliphatic heterocycles. The van der Waals surface area contributed by atoms with Crippen molar-refractivity contribution in [2.75, 3.05) is 0 Å². The predicted octanol–water partition coefficient (Wildman–Crippen LogP) is 3.69. The van der Waals surface area contributed by atoms with Gasteiger partial charge in [-0.1, -0.05) is 36.9 Å². The molecule has 0 amide bonds. The van der Waals surface area contributed by atoms with Crippen molar-refractivity contribution >= 4 is 0 Å². The van der Waals surface area contributed by atoms with E-state index in [4.69, 9.17) is 10.3 Å². The molecule has 5 heteroatoms. The second kappa shape index (κ2) is 5.56. The Bertz CT molecular complexity index is 630. The van der Waals surface area contributed by atoms with Crippen LogP contribution in [-0.4, -0.2) is 10.1 Å². The number of hydrogen-bond donors (Lipinski definition) is 1. The average molecular weight is 289 g/mol. The van der Waals surface area contributed by atoms with Gasteiger partial charge < -0.3 is 10.3 Å². The van der Waals surface area contributed by atoms with Gasteiger partial charge in [-0.15, -0.1) is 0 Å². The Kier molecular flexibility index (Phi) is 3.76. The van der Waals surface area contributed by atoms with Crippen LogP contribution in [0.15, 0.2) is 22.7 Å². The third kappa shape index (κ3) is 2.83. The SMILES string of the molecule is Cc1ccc(-c2nc(C3(N)CCCCCC3)no2)cc1F. The molecule has 2 N–H and O–H groups in total. The largest absolute Gasteiger partial charge is 0.334 e. The van der Waals surface area contributed by atoms with Crippen molar-refractivity contribution in [1.29, 1.82) is 0 Å². The lowest BCUT2D eigenvalue weighted by Crippen LogP contribution is -2.37. The van der Waals surface area contributed by atoms with Crippen LogP contribution in [0.1, 0.15) is 49.9 Å². The summed E-state index contributed by atoms with van der Waals surface area (Å²) in [6.07, 6.45) is 6.31. The van der Waals surface area contributed by atoms with Crippen LogP contribution >= 0.6 is 0 Å². The van der Waals surface area contributed by atoms with Gasteiger partial charge in [-0.2, -0.15) is 4.98 Å². The maximum atomic E-state index is 13.6. The highest BCUT2D eigenvalue weighted by atomic mass is 19.1. The van der Waals surface area contributed by atoms with E-state index in [0.29, 0.717) is 22.8 Å². The molecule has 0 spiro atoms. The number of nitrogens with two attached hydrogens (primary N) is 1. The van der Waals surface area contributed by atoms with Crippen LogP contribution in [-0.2, 0) is 5.54 Å². The highest BCUT2D eigenvalue weighted by molar-refractivity contribution is 5.53. The van der Waals surface area contributed by atoms with Crippen LogP contribution in [0.3, 0.4) is 0 Å². The van der Waals surface area contributed by atoms with E-state index in [1.54, 1.807) is 19.1 Å². The number of benzene rings is 1. The maximum absolute atomic E-state index is 13.6. The van der Waals surface area contributed by atoms with Gasteiger partial charge in [-0.25, -0.2) is 4.39 Å². The minimum Gasteiger partial charge on any atom is -0.334 e. The van der Waals surface area contributed by atoms with E-state index in [1.165, 1.54) is 18.9 Å². The Morgan fingerprint density at radius 3 is 2.57 bits per heavy atom. The van der Waals surface area contributed by atoms with E-state index in [-0.39, 0.29) is 5.82 Å². The fraction of sp³-hybridized carbons (Fsp3) is 0.500. The summed E-state index contributed by atoms with van der Waals surface area (Å²) in [4.78, 5) is 4.42. The Labute approximate surface area is 123 Å². The lowest BCUT2D eigenvalue weighted by molar-refractivity contribution is 0.334. The van der Waals surface area contributed by atoms with Gasteiger partial charge in [0.15, 0.2) is 5.82 Å². The Balaban J connectivity index is 1.90. The smallest absolute Gasteiger partial charge is 0.258 e. The van der Waals surface area contributed by atoms with Gasteiger partial charge in [-0.05, 0) is 37.5 Å². The molecule has 21 heavy (non-hydrogen) atoms. The van der Waals surface area contributed by atoms with Crippen molar-refractivity contribution in [2.24, 2.45) is 5.73 Å². The molecule has 0 unspecified atom stereocenters. The summed E-state index contributed by atoms with van der Waals surface area (Å²) in [6.45, 7) is 1.72. The Morgan fingerprint density at radius 1 is 1.19 bits per heavy atom. The zero-order valence-corrected chi connectivity index (χ0v) is 12.2. The summed E-state index contributed by atoms with van der Waals surface area (Å²) < 4.78 is 18.9. The van der Waals surface area contributed by atoms with Crippen molar-refractivity contribution in [3.63, 3.8) is 0 Å². The molecule has 0 radical (unpaired) electrons. The summed E-state index contributed by atoms with van der Waals surface area (Å²) in [6, 6.07) is 4.91. The predicted molar refractivity (Wildman–Crippen MR) is 78.0 cm³/mol. The molecule has 1 aliphatic rings. The third-order valence-electron chi connectivity index (χ3n) is 4.29. The molecular weight excluding hydrogens is 269 g/mol. The van der Waals surface area contributed by atoms with Gasteiger partial charge >= 0.3 is 0 Å². The van der Waals surface area contributed by atoms with E-state index >= 15 is 0 Å². The number of hydrogen-bond acceptors (Lipinski definition) is 4. The highest BCUT2D eigenvalue weighted by Gasteiger charge is 2.33. The average Bonchev–Trinajstić information content (AvgIpc) is 2.86. The van der Waals surface area contributed by atoms with Gasteiger partial charge in [0.25, 0.3) is 5.89 Å². The molecule has 3 rings (SSSR count). The quantitative estimate of drug-likeness (QED) is 0.856. The van der Waals surface area contributed by atoms with E-state index in [9.17, 15) is 4.39 Å². The zero-order chi connectivity index (χ0) is 14.9. The molecule has 0 bridgehead atoms. The van der Waals surface area contributed by atoms with Gasteiger partial charge in [-0.3, -0.25) is 0 Å². The highest BCUT2D eigenvalue weighted by Crippen LogP contribution is 2.33. The summed E-state index contributed by atoms with van der Waals surface area (Å²) >= 11 is 0. The van der Waals surface area contributed by atoms with Crippen molar-refractivity contribution in [3.8, 4) is 11.5 Å². The topological polar surface area (TPSA) is 64.9 Å². The van der Waals surface area contributed by atoms with Crippen LogP contribution < -0.4 is 5.73 Å². The van der Waals surface area contributed by atoms with Crippen molar-refractivity contribution in [1.82, 2.24) is 10.1 Å². The van der Waals surface area contributed by atoms with Gasteiger partial charge in [0.2, 0.25) is 0 Å². The fourth-order valence-electron chi connectivity index (χ4n) is 2.85. The number of aromatic nitrogens is 2. The number of rotatable bonds is 2. The van der Waals surface area contributed by atoms with Gasteiger partial charge in [0, 0.05) is 5.56 Å². The summed E-state index contributed by atoms with van der Waals surface area (Å²) in [7, 11) is 0. The van der Waals surface area contributed by atoms with Crippen LogP contribution in [0.4, 0.5) is 4.39 Å². The molecule has 0 saturated heterocycles. The summed E-state index contributed by atoms with van der Waals surface area (Å²) in [5.41, 5.74) is 7.14. The van der Waals surface area contributed by atoms with E-state index in [2.05, 4.69) is 10.1 Å². The van der Waals surface area contributed by atoms with Gasteiger partial charge in [0.05, 0.1) is 5.54 Å². The van der Waals surface area contributed by atoms with Crippen molar-refractivity contribution in [3.05, 3.63) is 35.4 Å². The normalized spacial score (nSPS) is 18.4. The molecule has 2 aromatic rings. The minimum absolute atomic E-state index is 0.274. The first-order valence-corrected chi connectivity index (χ1v) is 7.48.